The van der Waals surface area contributed by atoms with E-state index < -0.39 is 0 Å². The molecule has 0 aromatic carbocycles. The van der Waals surface area contributed by atoms with Crippen molar-refractivity contribution in [3.05, 3.63) is 12.2 Å². The first-order valence-electron chi connectivity index (χ1n) is 6.49. The molecule has 1 saturated heterocycles. The van der Waals surface area contributed by atoms with Gasteiger partial charge in [0.2, 0.25) is 0 Å². The lowest BCUT2D eigenvalue weighted by atomic mass is 10.0. The van der Waals surface area contributed by atoms with Crippen LogP contribution in [0.5, 0.6) is 0 Å². The molecule has 0 amide bonds. The second kappa shape index (κ2) is 8.25. The van der Waals surface area contributed by atoms with Crippen LogP contribution in [0.2, 0.25) is 0 Å². The van der Waals surface area contributed by atoms with Crippen LogP contribution in [-0.2, 0) is 9.53 Å². The molecule has 1 aliphatic rings. The van der Waals surface area contributed by atoms with Crippen molar-refractivity contribution < 1.29 is 9.53 Å². The number of esters is 1. The van der Waals surface area contributed by atoms with Gasteiger partial charge in [-0.25, -0.2) is 4.79 Å². The summed E-state index contributed by atoms with van der Waals surface area (Å²) in [6.45, 7) is 5.24. The summed E-state index contributed by atoms with van der Waals surface area (Å²) in [4.78, 5) is 13.6. The van der Waals surface area contributed by atoms with Gasteiger partial charge in [0.1, 0.15) is 0 Å². The summed E-state index contributed by atoms with van der Waals surface area (Å²) >= 11 is 0. The molecule has 0 aromatic heterocycles. The van der Waals surface area contributed by atoms with E-state index in [1.165, 1.54) is 25.3 Å². The van der Waals surface area contributed by atoms with Crippen molar-refractivity contribution in [2.24, 2.45) is 0 Å². The van der Waals surface area contributed by atoms with Gasteiger partial charge in [0.25, 0.3) is 0 Å². The Morgan fingerprint density at radius 1 is 1.53 bits per heavy atom. The van der Waals surface area contributed by atoms with E-state index in [-0.39, 0.29) is 5.97 Å². The average Bonchev–Trinajstić information content (AvgIpc) is 2.32. The number of hydrogen-bond donors (Lipinski definition) is 1. The van der Waals surface area contributed by atoms with Crippen molar-refractivity contribution in [2.45, 2.75) is 32.2 Å². The van der Waals surface area contributed by atoms with E-state index in [1.807, 2.05) is 20.0 Å². The van der Waals surface area contributed by atoms with E-state index in [4.69, 9.17) is 4.74 Å². The van der Waals surface area contributed by atoms with Crippen LogP contribution in [0.1, 0.15) is 26.2 Å². The fourth-order valence-electron chi connectivity index (χ4n) is 2.24. The second-order valence-electron chi connectivity index (χ2n) is 4.36. The largest absolute Gasteiger partial charge is 0.463 e. The quantitative estimate of drug-likeness (QED) is 0.559. The lowest BCUT2D eigenvalue weighted by molar-refractivity contribution is -0.137. The third-order valence-electron chi connectivity index (χ3n) is 3.07. The molecular formula is C13H24N2O2. The Morgan fingerprint density at radius 2 is 2.35 bits per heavy atom. The monoisotopic (exact) mass is 240 g/mol. The van der Waals surface area contributed by atoms with Crippen molar-refractivity contribution >= 4 is 5.97 Å². The summed E-state index contributed by atoms with van der Waals surface area (Å²) < 4.78 is 4.85. The number of likely N-dealkylation sites (tertiary alicyclic amines) is 1. The molecule has 1 atom stereocenters. The van der Waals surface area contributed by atoms with Crippen LogP contribution >= 0.6 is 0 Å². The van der Waals surface area contributed by atoms with E-state index in [1.54, 1.807) is 0 Å². The van der Waals surface area contributed by atoms with Crippen molar-refractivity contribution in [2.75, 3.05) is 33.3 Å². The van der Waals surface area contributed by atoms with Crippen molar-refractivity contribution in [1.29, 1.82) is 0 Å². The lowest BCUT2D eigenvalue weighted by Gasteiger charge is -2.34. The smallest absolute Gasteiger partial charge is 0.330 e. The second-order valence-corrected chi connectivity index (χ2v) is 4.36. The molecule has 0 aromatic rings. The summed E-state index contributed by atoms with van der Waals surface area (Å²) in [6.07, 6.45) is 7.26. The van der Waals surface area contributed by atoms with Crippen LogP contribution in [0, 0.1) is 0 Å². The van der Waals surface area contributed by atoms with Crippen LogP contribution in [0.25, 0.3) is 0 Å². The molecule has 1 aliphatic heterocycles. The highest BCUT2D eigenvalue weighted by Gasteiger charge is 2.20. The molecule has 0 aliphatic carbocycles. The standard InChI is InChI=1S/C13H24N2O2/c1-3-17-13(16)8-6-10-15-9-5-4-7-12(15)11-14-2/h6,8,12,14H,3-5,7,9-11H2,1-2H3/b8-6+. The number of ether oxygens (including phenoxy) is 1. The Hall–Kier alpha value is -0.870. The van der Waals surface area contributed by atoms with Gasteiger partial charge >= 0.3 is 5.97 Å². The number of carbonyl (C=O) groups excluding carboxylic acids is 1. The zero-order valence-corrected chi connectivity index (χ0v) is 10.9. The first-order valence-corrected chi connectivity index (χ1v) is 6.49. The van der Waals surface area contributed by atoms with Crippen molar-refractivity contribution in [1.82, 2.24) is 10.2 Å². The van der Waals surface area contributed by atoms with Crippen molar-refractivity contribution in [3.63, 3.8) is 0 Å². The van der Waals surface area contributed by atoms with Gasteiger partial charge in [0.05, 0.1) is 6.61 Å². The zero-order chi connectivity index (χ0) is 12.5. The highest BCUT2D eigenvalue weighted by molar-refractivity contribution is 5.81. The van der Waals surface area contributed by atoms with Gasteiger partial charge < -0.3 is 10.1 Å². The van der Waals surface area contributed by atoms with Crippen LogP contribution in [-0.4, -0.2) is 50.2 Å². The van der Waals surface area contributed by atoms with Gasteiger partial charge in [0, 0.05) is 25.2 Å². The molecule has 1 fully saturated rings. The van der Waals surface area contributed by atoms with Gasteiger partial charge in [-0.05, 0) is 33.4 Å². The first kappa shape index (κ1) is 14.2. The molecule has 4 nitrogen and oxygen atoms in total. The molecule has 0 spiro atoms. The molecule has 1 heterocycles. The Morgan fingerprint density at radius 3 is 3.06 bits per heavy atom. The fraction of sp³-hybridized carbons (Fsp3) is 0.769. The number of likely N-dealkylation sites (N-methyl/N-ethyl adjacent to an activating group) is 1. The van der Waals surface area contributed by atoms with Gasteiger partial charge in [-0.3, -0.25) is 4.90 Å². The van der Waals surface area contributed by atoms with E-state index >= 15 is 0 Å². The van der Waals surface area contributed by atoms with E-state index in [9.17, 15) is 4.79 Å². The maximum Gasteiger partial charge on any atom is 0.330 e. The molecule has 4 heteroatoms. The molecule has 0 radical (unpaired) electrons. The predicted octanol–water partition coefficient (Wildman–Crippen LogP) is 1.18. The maximum atomic E-state index is 11.2. The van der Waals surface area contributed by atoms with Crippen LogP contribution in [0.4, 0.5) is 0 Å². The number of nitrogens with one attached hydrogen (secondary N) is 1. The van der Waals surface area contributed by atoms with Crippen LogP contribution < -0.4 is 5.32 Å². The topological polar surface area (TPSA) is 41.6 Å². The summed E-state index contributed by atoms with van der Waals surface area (Å²) in [6, 6.07) is 0.598. The van der Waals surface area contributed by atoms with Gasteiger partial charge in [-0.15, -0.1) is 0 Å². The average molecular weight is 240 g/mol. The number of nitrogens with zero attached hydrogens (tertiary/aromatic N) is 1. The predicted molar refractivity (Wildman–Crippen MR) is 68.9 cm³/mol. The summed E-state index contributed by atoms with van der Waals surface area (Å²) in [5.41, 5.74) is 0. The van der Waals surface area contributed by atoms with E-state index in [0.29, 0.717) is 12.6 Å². The van der Waals surface area contributed by atoms with Gasteiger partial charge in [-0.1, -0.05) is 12.5 Å². The number of piperidine rings is 1. The minimum absolute atomic E-state index is 0.241. The fourth-order valence-corrected chi connectivity index (χ4v) is 2.24. The van der Waals surface area contributed by atoms with E-state index in [0.717, 1.165) is 19.6 Å². The van der Waals surface area contributed by atoms with Gasteiger partial charge in [0.15, 0.2) is 0 Å². The number of rotatable bonds is 6. The molecule has 1 N–H and O–H groups in total. The maximum absolute atomic E-state index is 11.2. The molecule has 98 valence electrons. The Bertz CT molecular complexity index is 252. The lowest BCUT2D eigenvalue weighted by Crippen LogP contribution is -2.44. The minimum atomic E-state index is -0.241. The van der Waals surface area contributed by atoms with E-state index in [2.05, 4.69) is 10.2 Å². The Balaban J connectivity index is 2.34. The first-order chi connectivity index (χ1) is 8.27. The van der Waals surface area contributed by atoms with Crippen molar-refractivity contribution in [3.8, 4) is 0 Å². The third-order valence-corrected chi connectivity index (χ3v) is 3.07. The molecule has 1 rings (SSSR count). The SMILES string of the molecule is CCOC(=O)/C=C/CN1CCCCC1CNC. The zero-order valence-electron chi connectivity index (χ0n) is 10.9. The number of carbonyl (C=O) groups is 1. The highest BCUT2D eigenvalue weighted by atomic mass is 16.5. The van der Waals surface area contributed by atoms with Gasteiger partial charge in [-0.2, -0.15) is 0 Å². The molecule has 17 heavy (non-hydrogen) atoms. The molecule has 0 bridgehead atoms. The number of hydrogen-bond acceptors (Lipinski definition) is 4. The van der Waals surface area contributed by atoms with Crippen LogP contribution in [0.3, 0.4) is 0 Å². The minimum Gasteiger partial charge on any atom is -0.463 e. The highest BCUT2D eigenvalue weighted by Crippen LogP contribution is 2.15. The summed E-state index contributed by atoms with van der Waals surface area (Å²) in [5, 5.41) is 3.23. The molecule has 1 unspecified atom stereocenters. The molecular weight excluding hydrogens is 216 g/mol. The third kappa shape index (κ3) is 5.33. The summed E-state index contributed by atoms with van der Waals surface area (Å²) in [5.74, 6) is -0.241. The van der Waals surface area contributed by atoms with Crippen LogP contribution in [0.15, 0.2) is 12.2 Å². The Kier molecular flexibility index (Phi) is 6.89. The normalized spacial score (nSPS) is 21.9. The molecule has 0 saturated carbocycles. The summed E-state index contributed by atoms with van der Waals surface area (Å²) in [7, 11) is 1.99. The Labute approximate surface area is 104 Å².